The quantitative estimate of drug-likeness (QED) is 0.820. The fourth-order valence-electron chi connectivity index (χ4n) is 2.12. The second-order valence-corrected chi connectivity index (χ2v) is 6.78. The zero-order chi connectivity index (χ0) is 16.7. The highest BCUT2D eigenvalue weighted by molar-refractivity contribution is 7.12. The molecule has 2 N–H and O–H groups in total. The van der Waals surface area contributed by atoms with E-state index in [2.05, 4.69) is 10.6 Å². The predicted molar refractivity (Wildman–Crippen MR) is 93.6 cm³/mol. The summed E-state index contributed by atoms with van der Waals surface area (Å²) in [7, 11) is 0. The molecule has 0 aliphatic rings. The molecule has 122 valence electrons. The van der Waals surface area contributed by atoms with E-state index in [1.165, 1.54) is 11.3 Å². The monoisotopic (exact) mass is 330 g/mol. The standard InChI is InChI=1S/C18H22N2O2S/c1-13(2)12-19-17(21)15(11-14-7-4-3-5-8-14)20-18(22)16-9-6-10-23-16/h3-10,13,15H,11-12H2,1-2H3,(H,19,21)(H,20,22)/t15-/m1/s1. The lowest BCUT2D eigenvalue weighted by atomic mass is 10.0. The van der Waals surface area contributed by atoms with Crippen LogP contribution < -0.4 is 10.6 Å². The van der Waals surface area contributed by atoms with Crippen LogP contribution in [0.1, 0.15) is 29.1 Å². The highest BCUT2D eigenvalue weighted by Gasteiger charge is 2.22. The molecule has 1 atom stereocenters. The molecule has 0 bridgehead atoms. The van der Waals surface area contributed by atoms with Gasteiger partial charge >= 0.3 is 0 Å². The second-order valence-electron chi connectivity index (χ2n) is 5.83. The van der Waals surface area contributed by atoms with Crippen LogP contribution in [0.5, 0.6) is 0 Å². The molecule has 2 amide bonds. The normalized spacial score (nSPS) is 12.0. The fourth-order valence-corrected chi connectivity index (χ4v) is 2.75. The first-order valence-corrected chi connectivity index (χ1v) is 8.60. The molecule has 0 fully saturated rings. The summed E-state index contributed by atoms with van der Waals surface area (Å²) >= 11 is 1.37. The largest absolute Gasteiger partial charge is 0.354 e. The molecule has 0 saturated heterocycles. The van der Waals surface area contributed by atoms with Crippen molar-refractivity contribution in [2.75, 3.05) is 6.54 Å². The van der Waals surface area contributed by atoms with Gasteiger partial charge in [0.1, 0.15) is 6.04 Å². The first-order valence-electron chi connectivity index (χ1n) is 7.72. The number of carbonyl (C=O) groups excluding carboxylic acids is 2. The summed E-state index contributed by atoms with van der Waals surface area (Å²) in [5, 5.41) is 7.60. The third-order valence-electron chi connectivity index (χ3n) is 3.33. The Hall–Kier alpha value is -2.14. The average molecular weight is 330 g/mol. The molecule has 1 heterocycles. The van der Waals surface area contributed by atoms with E-state index in [-0.39, 0.29) is 11.8 Å². The van der Waals surface area contributed by atoms with E-state index in [9.17, 15) is 9.59 Å². The molecule has 0 aliphatic carbocycles. The summed E-state index contributed by atoms with van der Waals surface area (Å²) in [6, 6.07) is 12.7. The molecule has 2 aromatic rings. The molecule has 0 radical (unpaired) electrons. The summed E-state index contributed by atoms with van der Waals surface area (Å²) in [4.78, 5) is 25.3. The second kappa shape index (κ2) is 8.48. The van der Waals surface area contributed by atoms with Gasteiger partial charge in [-0.2, -0.15) is 0 Å². The first kappa shape index (κ1) is 17.2. The Morgan fingerprint density at radius 1 is 1.09 bits per heavy atom. The molecule has 0 unspecified atom stereocenters. The van der Waals surface area contributed by atoms with Crippen LogP contribution in [-0.4, -0.2) is 24.4 Å². The molecule has 1 aromatic carbocycles. The number of rotatable bonds is 7. The Morgan fingerprint density at radius 3 is 2.43 bits per heavy atom. The number of benzene rings is 1. The summed E-state index contributed by atoms with van der Waals surface area (Å²) in [6.07, 6.45) is 0.474. The Labute approximate surface area is 140 Å². The molecule has 23 heavy (non-hydrogen) atoms. The van der Waals surface area contributed by atoms with Crippen molar-refractivity contribution in [2.24, 2.45) is 5.92 Å². The summed E-state index contributed by atoms with van der Waals surface area (Å²) in [5.41, 5.74) is 1.02. The van der Waals surface area contributed by atoms with Gasteiger partial charge in [0, 0.05) is 13.0 Å². The first-order chi connectivity index (χ1) is 11.1. The Balaban J connectivity index is 2.07. The van der Waals surface area contributed by atoms with Crippen LogP contribution in [-0.2, 0) is 11.2 Å². The van der Waals surface area contributed by atoms with Crippen LogP contribution >= 0.6 is 11.3 Å². The lowest BCUT2D eigenvalue weighted by Crippen LogP contribution is -2.48. The van der Waals surface area contributed by atoms with Crippen molar-refractivity contribution in [3.63, 3.8) is 0 Å². The van der Waals surface area contributed by atoms with Gasteiger partial charge in [0.25, 0.3) is 5.91 Å². The summed E-state index contributed by atoms with van der Waals surface area (Å²) in [5.74, 6) is 0.0115. The van der Waals surface area contributed by atoms with Crippen LogP contribution in [0.25, 0.3) is 0 Å². The SMILES string of the molecule is CC(C)CNC(=O)[C@@H](Cc1ccccc1)NC(=O)c1cccs1. The van der Waals surface area contributed by atoms with Crippen molar-refractivity contribution in [1.82, 2.24) is 10.6 Å². The van der Waals surface area contributed by atoms with E-state index in [1.54, 1.807) is 6.07 Å². The summed E-state index contributed by atoms with van der Waals surface area (Å²) in [6.45, 7) is 4.67. The number of carbonyl (C=O) groups is 2. The molecule has 0 aliphatic heterocycles. The minimum atomic E-state index is -0.578. The van der Waals surface area contributed by atoms with Crippen LogP contribution in [0, 0.1) is 5.92 Å². The van der Waals surface area contributed by atoms with Gasteiger partial charge in [-0.1, -0.05) is 50.2 Å². The molecular weight excluding hydrogens is 308 g/mol. The number of nitrogens with one attached hydrogen (secondary N) is 2. The maximum atomic E-state index is 12.4. The van der Waals surface area contributed by atoms with Crippen molar-refractivity contribution in [1.29, 1.82) is 0 Å². The lowest BCUT2D eigenvalue weighted by molar-refractivity contribution is -0.123. The predicted octanol–water partition coefficient (Wildman–Crippen LogP) is 2.86. The highest BCUT2D eigenvalue weighted by atomic mass is 32.1. The van der Waals surface area contributed by atoms with Gasteiger partial charge in [-0.3, -0.25) is 9.59 Å². The third kappa shape index (κ3) is 5.53. The number of amides is 2. The van der Waals surface area contributed by atoms with E-state index in [0.717, 1.165) is 5.56 Å². The van der Waals surface area contributed by atoms with E-state index < -0.39 is 6.04 Å². The van der Waals surface area contributed by atoms with E-state index in [4.69, 9.17) is 0 Å². The van der Waals surface area contributed by atoms with E-state index >= 15 is 0 Å². The van der Waals surface area contributed by atoms with Crippen LogP contribution in [0.4, 0.5) is 0 Å². The Morgan fingerprint density at radius 2 is 1.83 bits per heavy atom. The van der Waals surface area contributed by atoms with Gasteiger partial charge in [-0.25, -0.2) is 0 Å². The van der Waals surface area contributed by atoms with Crippen molar-refractivity contribution in [2.45, 2.75) is 26.3 Å². The lowest BCUT2D eigenvalue weighted by Gasteiger charge is -2.19. The number of hydrogen-bond acceptors (Lipinski definition) is 3. The van der Waals surface area contributed by atoms with Gasteiger partial charge in [0.2, 0.25) is 5.91 Å². The van der Waals surface area contributed by atoms with Gasteiger partial charge in [-0.15, -0.1) is 11.3 Å². The minimum absolute atomic E-state index is 0.146. The topological polar surface area (TPSA) is 58.2 Å². The smallest absolute Gasteiger partial charge is 0.262 e. The van der Waals surface area contributed by atoms with Crippen LogP contribution in [0.15, 0.2) is 47.8 Å². The van der Waals surface area contributed by atoms with Crippen molar-refractivity contribution >= 4 is 23.2 Å². The van der Waals surface area contributed by atoms with Crippen molar-refractivity contribution in [3.8, 4) is 0 Å². The van der Waals surface area contributed by atoms with Crippen molar-refractivity contribution in [3.05, 3.63) is 58.3 Å². The van der Waals surface area contributed by atoms with Crippen molar-refractivity contribution < 1.29 is 9.59 Å². The fraction of sp³-hybridized carbons (Fsp3) is 0.333. The molecule has 2 rings (SSSR count). The highest BCUT2D eigenvalue weighted by Crippen LogP contribution is 2.10. The van der Waals surface area contributed by atoms with Crippen LogP contribution in [0.3, 0.4) is 0 Å². The Kier molecular flexibility index (Phi) is 6.35. The third-order valence-corrected chi connectivity index (χ3v) is 4.20. The van der Waals surface area contributed by atoms with Gasteiger partial charge < -0.3 is 10.6 Å². The van der Waals surface area contributed by atoms with Gasteiger partial charge in [0.15, 0.2) is 0 Å². The van der Waals surface area contributed by atoms with Crippen LogP contribution in [0.2, 0.25) is 0 Å². The maximum absolute atomic E-state index is 12.4. The molecule has 5 heteroatoms. The minimum Gasteiger partial charge on any atom is -0.354 e. The molecule has 0 spiro atoms. The maximum Gasteiger partial charge on any atom is 0.262 e. The van der Waals surface area contributed by atoms with E-state index in [1.807, 2.05) is 55.6 Å². The molecular formula is C18H22N2O2S. The average Bonchev–Trinajstić information content (AvgIpc) is 3.07. The Bertz CT molecular complexity index is 624. The molecule has 0 saturated carbocycles. The zero-order valence-electron chi connectivity index (χ0n) is 13.4. The van der Waals surface area contributed by atoms with Gasteiger partial charge in [-0.05, 0) is 22.9 Å². The van der Waals surface area contributed by atoms with E-state index in [0.29, 0.717) is 23.8 Å². The molecule has 4 nitrogen and oxygen atoms in total. The zero-order valence-corrected chi connectivity index (χ0v) is 14.2. The summed E-state index contributed by atoms with van der Waals surface area (Å²) < 4.78 is 0. The molecule has 1 aromatic heterocycles. The number of thiophene rings is 1. The van der Waals surface area contributed by atoms with Gasteiger partial charge in [0.05, 0.1) is 4.88 Å². The number of hydrogen-bond donors (Lipinski definition) is 2.